The average Bonchev–Trinajstić information content (AvgIpc) is 2.64. The van der Waals surface area contributed by atoms with Gasteiger partial charge in [0.05, 0.1) is 11.2 Å². The van der Waals surface area contributed by atoms with Crippen molar-refractivity contribution in [2.24, 2.45) is 0 Å². The van der Waals surface area contributed by atoms with Crippen molar-refractivity contribution in [1.82, 2.24) is 4.98 Å². The number of pyridine rings is 1. The summed E-state index contributed by atoms with van der Waals surface area (Å²) >= 11 is 13.7. The Labute approximate surface area is 160 Å². The molecule has 4 rings (SSSR count). The lowest BCUT2D eigenvalue weighted by Gasteiger charge is -2.11. The van der Waals surface area contributed by atoms with Gasteiger partial charge in [0.1, 0.15) is 0 Å². The number of fused-ring (bicyclic) bond motifs is 1. The number of para-hydroxylation sites is 1. The molecule has 0 saturated heterocycles. The van der Waals surface area contributed by atoms with Crippen LogP contribution in [0.4, 0.5) is 0 Å². The summed E-state index contributed by atoms with van der Waals surface area (Å²) in [5.41, 5.74) is 2.98. The smallest absolute Gasteiger partial charge is 0.0849 e. The van der Waals surface area contributed by atoms with Crippen LogP contribution in [0.3, 0.4) is 0 Å². The largest absolute Gasteiger partial charge is 0.247 e. The predicted octanol–water partition coefficient (Wildman–Crippen LogP) is 7.36. The van der Waals surface area contributed by atoms with Crippen LogP contribution in [-0.2, 0) is 0 Å². The molecule has 0 aliphatic carbocycles. The maximum Gasteiger partial charge on any atom is 0.0849 e. The van der Waals surface area contributed by atoms with E-state index < -0.39 is 0 Å². The molecule has 1 aromatic heterocycles. The zero-order valence-electron chi connectivity index (χ0n) is 13.1. The maximum atomic E-state index is 6.04. The van der Waals surface area contributed by atoms with E-state index in [1.54, 1.807) is 11.8 Å². The Balaban J connectivity index is 1.86. The molecule has 0 saturated carbocycles. The molecule has 0 atom stereocenters. The molecule has 1 nitrogen and oxygen atoms in total. The number of halogens is 2. The zero-order chi connectivity index (χ0) is 17.2. The highest BCUT2D eigenvalue weighted by Gasteiger charge is 2.11. The lowest BCUT2D eigenvalue weighted by Crippen LogP contribution is -1.90. The Morgan fingerprint density at radius 2 is 1.36 bits per heavy atom. The molecule has 0 spiro atoms. The van der Waals surface area contributed by atoms with Gasteiger partial charge in [-0.1, -0.05) is 65.3 Å². The third kappa shape index (κ3) is 3.67. The van der Waals surface area contributed by atoms with Crippen molar-refractivity contribution >= 4 is 45.9 Å². The second-order valence-electron chi connectivity index (χ2n) is 5.59. The number of hydrogen-bond donors (Lipinski definition) is 0. The molecule has 0 aliphatic heterocycles. The minimum absolute atomic E-state index is 0.719. The van der Waals surface area contributed by atoms with E-state index in [-0.39, 0.29) is 0 Å². The van der Waals surface area contributed by atoms with E-state index in [1.165, 1.54) is 0 Å². The van der Waals surface area contributed by atoms with Gasteiger partial charge in [-0.3, -0.25) is 0 Å². The summed E-state index contributed by atoms with van der Waals surface area (Å²) in [5.74, 6) is 0. The second-order valence-corrected chi connectivity index (χ2v) is 7.58. The lowest BCUT2D eigenvalue weighted by molar-refractivity contribution is 1.29. The fourth-order valence-corrected chi connectivity index (χ4v) is 3.84. The molecule has 0 aliphatic rings. The van der Waals surface area contributed by atoms with Crippen molar-refractivity contribution < 1.29 is 0 Å². The summed E-state index contributed by atoms with van der Waals surface area (Å²) < 4.78 is 0. The van der Waals surface area contributed by atoms with Crippen molar-refractivity contribution in [1.29, 1.82) is 0 Å². The average molecular weight is 382 g/mol. The van der Waals surface area contributed by atoms with Gasteiger partial charge in [0.25, 0.3) is 0 Å². The SMILES string of the molecule is Clc1ccc(Sc2cc3ccccc3nc2-c2ccc(Cl)cc2)cc1. The molecule has 0 radical (unpaired) electrons. The molecule has 25 heavy (non-hydrogen) atoms. The summed E-state index contributed by atoms with van der Waals surface area (Å²) in [6.07, 6.45) is 0. The Hall–Kier alpha value is -2.00. The predicted molar refractivity (Wildman–Crippen MR) is 108 cm³/mol. The van der Waals surface area contributed by atoms with E-state index in [9.17, 15) is 0 Å². The summed E-state index contributed by atoms with van der Waals surface area (Å²) in [5, 5.41) is 2.58. The van der Waals surface area contributed by atoms with Crippen molar-refractivity contribution in [2.45, 2.75) is 9.79 Å². The van der Waals surface area contributed by atoms with Crippen LogP contribution in [0, 0.1) is 0 Å². The number of aromatic nitrogens is 1. The third-order valence-electron chi connectivity index (χ3n) is 3.85. The Bertz CT molecular complexity index is 1030. The van der Waals surface area contributed by atoms with Gasteiger partial charge in [-0.05, 0) is 48.5 Å². The second kappa shape index (κ2) is 7.09. The fraction of sp³-hybridized carbons (Fsp3) is 0. The summed E-state index contributed by atoms with van der Waals surface area (Å²) in [6.45, 7) is 0. The first-order valence-electron chi connectivity index (χ1n) is 7.78. The van der Waals surface area contributed by atoms with Crippen molar-refractivity contribution in [3.63, 3.8) is 0 Å². The molecular weight excluding hydrogens is 369 g/mol. The molecule has 4 heteroatoms. The number of nitrogens with zero attached hydrogens (tertiary/aromatic N) is 1. The standard InChI is InChI=1S/C21H13Cl2NS/c22-16-7-5-14(6-8-16)21-20(25-18-11-9-17(23)10-12-18)13-15-3-1-2-4-19(15)24-21/h1-13H. The van der Waals surface area contributed by atoms with Gasteiger partial charge < -0.3 is 0 Å². The number of benzene rings is 3. The normalized spacial score (nSPS) is 11.0. The molecular formula is C21H13Cl2NS. The highest BCUT2D eigenvalue weighted by atomic mass is 35.5. The Morgan fingerprint density at radius 1 is 0.720 bits per heavy atom. The number of rotatable bonds is 3. The van der Waals surface area contributed by atoms with Gasteiger partial charge in [0.2, 0.25) is 0 Å². The number of hydrogen-bond acceptors (Lipinski definition) is 2. The molecule has 0 unspecified atom stereocenters. The molecule has 1 heterocycles. The maximum absolute atomic E-state index is 6.04. The van der Waals surface area contributed by atoms with Crippen molar-refractivity contribution in [2.75, 3.05) is 0 Å². The van der Waals surface area contributed by atoms with Crippen LogP contribution in [0.25, 0.3) is 22.2 Å². The molecule has 0 bridgehead atoms. The first-order valence-corrected chi connectivity index (χ1v) is 9.35. The van der Waals surface area contributed by atoms with Gasteiger partial charge in [-0.2, -0.15) is 0 Å². The third-order valence-corrected chi connectivity index (χ3v) is 5.39. The first-order chi connectivity index (χ1) is 12.2. The van der Waals surface area contributed by atoms with E-state index in [4.69, 9.17) is 28.2 Å². The summed E-state index contributed by atoms with van der Waals surface area (Å²) in [4.78, 5) is 7.12. The van der Waals surface area contributed by atoms with Gasteiger partial charge >= 0.3 is 0 Å². The van der Waals surface area contributed by atoms with Gasteiger partial charge in [0.15, 0.2) is 0 Å². The summed E-state index contributed by atoms with van der Waals surface area (Å²) in [7, 11) is 0. The zero-order valence-corrected chi connectivity index (χ0v) is 15.4. The van der Waals surface area contributed by atoms with Crippen molar-refractivity contribution in [3.05, 3.63) is 88.9 Å². The van der Waals surface area contributed by atoms with E-state index in [2.05, 4.69) is 12.1 Å². The van der Waals surface area contributed by atoms with Gasteiger partial charge in [-0.25, -0.2) is 4.98 Å². The van der Waals surface area contributed by atoms with E-state index in [0.717, 1.165) is 42.0 Å². The van der Waals surface area contributed by atoms with Gasteiger partial charge in [-0.15, -0.1) is 0 Å². The quantitative estimate of drug-likeness (QED) is 0.367. The van der Waals surface area contributed by atoms with E-state index in [1.807, 2.05) is 66.7 Å². The minimum atomic E-state index is 0.719. The van der Waals surface area contributed by atoms with E-state index in [0.29, 0.717) is 0 Å². The summed E-state index contributed by atoms with van der Waals surface area (Å²) in [6, 6.07) is 26.0. The Kier molecular flexibility index (Phi) is 4.67. The highest BCUT2D eigenvalue weighted by molar-refractivity contribution is 7.99. The fourth-order valence-electron chi connectivity index (χ4n) is 2.62. The molecule has 0 amide bonds. The van der Waals surface area contributed by atoms with Crippen LogP contribution in [0.5, 0.6) is 0 Å². The molecule has 3 aromatic carbocycles. The van der Waals surface area contributed by atoms with Crippen LogP contribution >= 0.6 is 35.0 Å². The highest BCUT2D eigenvalue weighted by Crippen LogP contribution is 2.37. The minimum Gasteiger partial charge on any atom is -0.247 e. The van der Waals surface area contributed by atoms with Crippen molar-refractivity contribution in [3.8, 4) is 11.3 Å². The van der Waals surface area contributed by atoms with Crippen LogP contribution in [0.1, 0.15) is 0 Å². The van der Waals surface area contributed by atoms with Crippen LogP contribution in [-0.4, -0.2) is 4.98 Å². The Morgan fingerprint density at radius 3 is 2.08 bits per heavy atom. The topological polar surface area (TPSA) is 12.9 Å². The van der Waals surface area contributed by atoms with Crippen LogP contribution in [0.2, 0.25) is 10.0 Å². The monoisotopic (exact) mass is 381 g/mol. The lowest BCUT2D eigenvalue weighted by atomic mass is 10.1. The van der Waals surface area contributed by atoms with E-state index >= 15 is 0 Å². The van der Waals surface area contributed by atoms with Crippen LogP contribution < -0.4 is 0 Å². The first kappa shape index (κ1) is 16.5. The molecule has 4 aromatic rings. The molecule has 0 N–H and O–H groups in total. The molecule has 0 fully saturated rings. The van der Waals surface area contributed by atoms with Crippen LogP contribution in [0.15, 0.2) is 88.7 Å². The molecule has 122 valence electrons. The van der Waals surface area contributed by atoms with Gasteiger partial charge in [0, 0.05) is 30.8 Å².